The zero-order chi connectivity index (χ0) is 22.9. The average molecular weight is 435 g/mol. The van der Waals surface area contributed by atoms with Gasteiger partial charge in [-0.3, -0.25) is 4.79 Å². The number of para-hydroxylation sites is 1. The number of piperazine rings is 1. The van der Waals surface area contributed by atoms with E-state index in [9.17, 15) is 14.3 Å². The molecule has 1 saturated heterocycles. The van der Waals surface area contributed by atoms with E-state index in [0.717, 1.165) is 22.3 Å². The molecule has 4 rings (SSSR count). The number of allylic oxidation sites excluding steroid dienone is 1. The molecule has 0 radical (unpaired) electrons. The number of rotatable bonds is 4. The molecule has 1 N–H and O–H groups in total. The first-order valence-corrected chi connectivity index (χ1v) is 10.7. The number of carbonyl (C=O) groups excluding carboxylic acids is 1. The van der Waals surface area contributed by atoms with E-state index in [1.165, 1.54) is 26.0 Å². The Morgan fingerprint density at radius 1 is 1.09 bits per heavy atom. The molecule has 1 aliphatic rings. The molecule has 0 aliphatic carbocycles. The number of hydrogen-bond acceptors (Lipinski definition) is 5. The van der Waals surface area contributed by atoms with Crippen LogP contribution in [0.4, 0.5) is 10.2 Å². The van der Waals surface area contributed by atoms with Crippen LogP contribution < -0.4 is 4.90 Å². The molecule has 0 spiro atoms. The number of carbonyl (C=O) groups is 1. The molecule has 0 atom stereocenters. The fourth-order valence-corrected chi connectivity index (χ4v) is 3.76. The number of fused-ring (bicyclic) bond motifs is 1. The van der Waals surface area contributed by atoms with Crippen molar-refractivity contribution >= 4 is 22.6 Å². The third kappa shape index (κ3) is 4.72. The Kier molecular flexibility index (Phi) is 5.82. The van der Waals surface area contributed by atoms with Crippen LogP contribution in [0.3, 0.4) is 0 Å². The molecule has 32 heavy (non-hydrogen) atoms. The van der Waals surface area contributed by atoms with Gasteiger partial charge in [0, 0.05) is 37.6 Å². The SMILES string of the molecule is Cc1ccc2c(N3CCN(C(=O)C=CC(C)(C)F)CC3)nc(-c3ccccc3O)nc2c1. The minimum Gasteiger partial charge on any atom is -0.507 e. The first-order chi connectivity index (χ1) is 15.2. The highest BCUT2D eigenvalue weighted by molar-refractivity contribution is 5.92. The molecule has 7 heteroatoms. The van der Waals surface area contributed by atoms with Crippen LogP contribution in [-0.2, 0) is 4.79 Å². The van der Waals surface area contributed by atoms with Crippen molar-refractivity contribution in [3.8, 4) is 17.1 Å². The molecule has 6 nitrogen and oxygen atoms in total. The number of phenols is 1. The molecule has 1 amide bonds. The average Bonchev–Trinajstić information content (AvgIpc) is 2.76. The van der Waals surface area contributed by atoms with Crippen LogP contribution in [0.25, 0.3) is 22.3 Å². The quantitative estimate of drug-likeness (QED) is 0.622. The summed E-state index contributed by atoms with van der Waals surface area (Å²) in [7, 11) is 0. The van der Waals surface area contributed by atoms with Gasteiger partial charge in [-0.1, -0.05) is 18.2 Å². The molecule has 1 aliphatic heterocycles. The highest BCUT2D eigenvalue weighted by Crippen LogP contribution is 2.32. The molecular formula is C25H27FN4O2. The van der Waals surface area contributed by atoms with E-state index in [0.29, 0.717) is 37.6 Å². The predicted molar refractivity (Wildman–Crippen MR) is 124 cm³/mol. The Morgan fingerprint density at radius 2 is 1.81 bits per heavy atom. The van der Waals surface area contributed by atoms with Gasteiger partial charge in [0.15, 0.2) is 5.82 Å². The van der Waals surface area contributed by atoms with E-state index in [1.807, 2.05) is 31.2 Å². The lowest BCUT2D eigenvalue weighted by molar-refractivity contribution is -0.126. The monoisotopic (exact) mass is 434 g/mol. The fourth-order valence-electron chi connectivity index (χ4n) is 3.76. The molecule has 1 fully saturated rings. The zero-order valence-electron chi connectivity index (χ0n) is 18.5. The number of anilines is 1. The molecular weight excluding hydrogens is 407 g/mol. The van der Waals surface area contributed by atoms with E-state index in [4.69, 9.17) is 9.97 Å². The number of aryl methyl sites for hydroxylation is 1. The minimum atomic E-state index is -1.52. The molecule has 0 bridgehead atoms. The normalized spacial score (nSPS) is 15.0. The highest BCUT2D eigenvalue weighted by Gasteiger charge is 2.24. The van der Waals surface area contributed by atoms with Gasteiger partial charge >= 0.3 is 0 Å². The third-order valence-corrected chi connectivity index (χ3v) is 5.49. The van der Waals surface area contributed by atoms with Crippen LogP contribution in [0.2, 0.25) is 0 Å². The van der Waals surface area contributed by atoms with Crippen LogP contribution >= 0.6 is 0 Å². The number of alkyl halides is 1. The van der Waals surface area contributed by atoms with E-state index < -0.39 is 5.67 Å². The van der Waals surface area contributed by atoms with Gasteiger partial charge in [-0.2, -0.15) is 0 Å². The summed E-state index contributed by atoms with van der Waals surface area (Å²) < 4.78 is 13.7. The largest absolute Gasteiger partial charge is 0.507 e. The second-order valence-corrected chi connectivity index (χ2v) is 8.62. The van der Waals surface area contributed by atoms with Crippen LogP contribution in [0, 0.1) is 6.92 Å². The number of hydrogen-bond donors (Lipinski definition) is 1. The Hall–Kier alpha value is -3.48. The number of aromatic nitrogens is 2. The van der Waals surface area contributed by atoms with Gasteiger partial charge in [0.2, 0.25) is 5.91 Å². The molecule has 166 valence electrons. The molecule has 0 unspecified atom stereocenters. The maximum absolute atomic E-state index is 13.7. The van der Waals surface area contributed by atoms with E-state index in [-0.39, 0.29) is 11.7 Å². The first-order valence-electron chi connectivity index (χ1n) is 10.7. The topological polar surface area (TPSA) is 69.6 Å². The van der Waals surface area contributed by atoms with Crippen LogP contribution in [0.1, 0.15) is 19.4 Å². The number of halogens is 1. The summed E-state index contributed by atoms with van der Waals surface area (Å²) in [5, 5.41) is 11.2. The summed E-state index contributed by atoms with van der Waals surface area (Å²) in [6, 6.07) is 13.1. The second-order valence-electron chi connectivity index (χ2n) is 8.62. The van der Waals surface area contributed by atoms with Crippen LogP contribution in [0.15, 0.2) is 54.6 Å². The number of aromatic hydroxyl groups is 1. The van der Waals surface area contributed by atoms with Crippen LogP contribution in [-0.4, -0.2) is 57.7 Å². The summed E-state index contributed by atoms with van der Waals surface area (Å²) in [6.45, 7) is 7.06. The molecule has 0 saturated carbocycles. The van der Waals surface area contributed by atoms with Gasteiger partial charge in [-0.15, -0.1) is 0 Å². The summed E-state index contributed by atoms with van der Waals surface area (Å²) in [4.78, 5) is 25.8. The van der Waals surface area contributed by atoms with Crippen molar-refractivity contribution in [2.24, 2.45) is 0 Å². The second kappa shape index (κ2) is 8.57. The molecule has 2 aromatic carbocycles. The van der Waals surface area contributed by atoms with Crippen molar-refractivity contribution in [3.05, 3.63) is 60.2 Å². The van der Waals surface area contributed by atoms with Crippen molar-refractivity contribution in [3.63, 3.8) is 0 Å². The van der Waals surface area contributed by atoms with Crippen molar-refractivity contribution < 1.29 is 14.3 Å². The molecule has 2 heterocycles. The lowest BCUT2D eigenvalue weighted by Crippen LogP contribution is -2.48. The number of amides is 1. The van der Waals surface area contributed by atoms with Gasteiger partial charge < -0.3 is 14.9 Å². The van der Waals surface area contributed by atoms with Gasteiger partial charge in [0.25, 0.3) is 0 Å². The Balaban J connectivity index is 1.64. The Morgan fingerprint density at radius 3 is 2.50 bits per heavy atom. The third-order valence-electron chi connectivity index (χ3n) is 5.49. The van der Waals surface area contributed by atoms with Crippen molar-refractivity contribution in [1.82, 2.24) is 14.9 Å². The fraction of sp³-hybridized carbons (Fsp3) is 0.320. The summed E-state index contributed by atoms with van der Waals surface area (Å²) in [5.41, 5.74) is 0.947. The molecule has 3 aromatic rings. The van der Waals surface area contributed by atoms with Gasteiger partial charge in [-0.25, -0.2) is 14.4 Å². The Bertz CT molecular complexity index is 1180. The summed E-state index contributed by atoms with van der Waals surface area (Å²) in [5.74, 6) is 1.18. The van der Waals surface area contributed by atoms with E-state index >= 15 is 0 Å². The lowest BCUT2D eigenvalue weighted by Gasteiger charge is -2.35. The molecule has 1 aromatic heterocycles. The number of nitrogens with zero attached hydrogens (tertiary/aromatic N) is 4. The Labute approximate surface area is 187 Å². The van der Waals surface area contributed by atoms with Crippen molar-refractivity contribution in [1.29, 1.82) is 0 Å². The van der Waals surface area contributed by atoms with Crippen molar-refractivity contribution in [2.75, 3.05) is 31.1 Å². The van der Waals surface area contributed by atoms with E-state index in [2.05, 4.69) is 4.90 Å². The number of benzene rings is 2. The van der Waals surface area contributed by atoms with Gasteiger partial charge in [-0.05, 0) is 56.7 Å². The summed E-state index contributed by atoms with van der Waals surface area (Å²) in [6.07, 6.45) is 2.61. The lowest BCUT2D eigenvalue weighted by atomic mass is 10.1. The van der Waals surface area contributed by atoms with E-state index in [1.54, 1.807) is 23.1 Å². The van der Waals surface area contributed by atoms with Gasteiger partial charge in [0.05, 0.1) is 11.1 Å². The predicted octanol–water partition coefficient (Wildman–Crippen LogP) is 4.26. The number of phenolic OH excluding ortho intramolecular Hbond substituents is 1. The van der Waals surface area contributed by atoms with Crippen LogP contribution in [0.5, 0.6) is 5.75 Å². The standard InChI is InChI=1S/C25H27FN4O2/c1-17-8-9-18-20(16-17)27-23(19-6-4-5-7-21(19)31)28-24(18)30-14-12-29(13-15-30)22(32)10-11-25(2,3)26/h4-11,16,31H,12-15H2,1-3H3. The maximum atomic E-state index is 13.7. The summed E-state index contributed by atoms with van der Waals surface area (Å²) >= 11 is 0. The smallest absolute Gasteiger partial charge is 0.246 e. The van der Waals surface area contributed by atoms with Gasteiger partial charge in [0.1, 0.15) is 17.2 Å². The highest BCUT2D eigenvalue weighted by atomic mass is 19.1. The zero-order valence-corrected chi connectivity index (χ0v) is 18.5. The first kappa shape index (κ1) is 21.7. The maximum Gasteiger partial charge on any atom is 0.246 e. The minimum absolute atomic E-state index is 0.128. The van der Waals surface area contributed by atoms with Crippen molar-refractivity contribution in [2.45, 2.75) is 26.4 Å².